The Balaban J connectivity index is 1.77. The van der Waals surface area contributed by atoms with Crippen LogP contribution in [0.15, 0.2) is 47.9 Å². The van der Waals surface area contributed by atoms with Crippen LogP contribution >= 0.6 is 11.8 Å². The van der Waals surface area contributed by atoms with E-state index >= 15 is 0 Å². The molecule has 0 fully saturated rings. The number of nitrogens with zero attached hydrogens (tertiary/aromatic N) is 3. The van der Waals surface area contributed by atoms with Gasteiger partial charge in [0.05, 0.1) is 31.0 Å². The van der Waals surface area contributed by atoms with Crippen molar-refractivity contribution in [2.75, 3.05) is 21.0 Å². The summed E-state index contributed by atoms with van der Waals surface area (Å²) in [6, 6.07) is 8.89. The average molecular weight is 480 g/mol. The van der Waals surface area contributed by atoms with E-state index in [1.54, 1.807) is 37.6 Å². The molecule has 0 radical (unpaired) electrons. The van der Waals surface area contributed by atoms with Gasteiger partial charge in [0.25, 0.3) is 0 Å². The Kier molecular flexibility index (Phi) is 5.66. The first kappa shape index (κ1) is 21.9. The first-order valence-corrected chi connectivity index (χ1v) is 11.3. The van der Waals surface area contributed by atoms with Crippen LogP contribution in [0.4, 0.5) is 0 Å². The average Bonchev–Trinajstić information content (AvgIpc) is 3.48. The van der Waals surface area contributed by atoms with E-state index in [9.17, 15) is 9.90 Å². The van der Waals surface area contributed by atoms with Gasteiger partial charge in [-0.3, -0.25) is 4.98 Å². The number of aromatic carboxylic acids is 1. The molecule has 9 nitrogen and oxygen atoms in total. The number of thioether (sulfide) groups is 1. The molecule has 0 spiro atoms. The fourth-order valence-corrected chi connectivity index (χ4v) is 4.83. The van der Waals surface area contributed by atoms with Crippen LogP contribution < -0.4 is 18.9 Å². The van der Waals surface area contributed by atoms with E-state index in [2.05, 4.69) is 4.98 Å². The lowest BCUT2D eigenvalue weighted by molar-refractivity contribution is 0.0696. The quantitative estimate of drug-likeness (QED) is 0.387. The molecule has 174 valence electrons. The van der Waals surface area contributed by atoms with Gasteiger partial charge in [0.1, 0.15) is 0 Å². The minimum atomic E-state index is -1.08. The van der Waals surface area contributed by atoms with E-state index in [1.165, 1.54) is 18.9 Å². The van der Waals surface area contributed by atoms with Crippen LogP contribution in [-0.2, 0) is 12.8 Å². The molecule has 0 saturated carbocycles. The highest BCUT2D eigenvalue weighted by molar-refractivity contribution is 7.98. The molecule has 3 heterocycles. The highest BCUT2D eigenvalue weighted by atomic mass is 32.2. The van der Waals surface area contributed by atoms with Crippen LogP contribution in [0.25, 0.3) is 22.0 Å². The molecule has 2 aromatic heterocycles. The van der Waals surface area contributed by atoms with E-state index < -0.39 is 5.97 Å². The number of fused-ring (bicyclic) bond motifs is 2. The maximum absolute atomic E-state index is 12.6. The first-order valence-electron chi connectivity index (χ1n) is 10.3. The van der Waals surface area contributed by atoms with Gasteiger partial charge in [-0.25, -0.2) is 9.78 Å². The molecule has 0 atom stereocenters. The van der Waals surface area contributed by atoms with Gasteiger partial charge in [-0.1, -0.05) is 17.8 Å². The van der Waals surface area contributed by atoms with Crippen LogP contribution in [0.3, 0.4) is 0 Å². The Morgan fingerprint density at radius 2 is 1.91 bits per heavy atom. The monoisotopic (exact) mass is 479 g/mol. The summed E-state index contributed by atoms with van der Waals surface area (Å²) >= 11 is 1.41. The minimum Gasteiger partial charge on any atom is -0.493 e. The van der Waals surface area contributed by atoms with Crippen molar-refractivity contribution < 1.29 is 28.8 Å². The maximum atomic E-state index is 12.6. The van der Waals surface area contributed by atoms with Gasteiger partial charge in [0.15, 0.2) is 28.2 Å². The van der Waals surface area contributed by atoms with Gasteiger partial charge in [0.2, 0.25) is 6.79 Å². The normalized spacial score (nSPS) is 12.2. The van der Waals surface area contributed by atoms with E-state index in [0.717, 1.165) is 5.16 Å². The van der Waals surface area contributed by atoms with Gasteiger partial charge in [-0.2, -0.15) is 0 Å². The van der Waals surface area contributed by atoms with Crippen LogP contribution in [0.1, 0.15) is 16.1 Å². The molecule has 0 amide bonds. The fraction of sp³-hybridized carbons (Fsp3) is 0.208. The number of hydrogen-bond acceptors (Lipinski definition) is 8. The highest BCUT2D eigenvalue weighted by Gasteiger charge is 2.25. The lowest BCUT2D eigenvalue weighted by atomic mass is 9.93. The second kappa shape index (κ2) is 8.79. The third-order valence-corrected chi connectivity index (χ3v) is 6.62. The molecule has 0 saturated heterocycles. The van der Waals surface area contributed by atoms with Gasteiger partial charge >= 0.3 is 5.97 Å². The van der Waals surface area contributed by atoms with Crippen molar-refractivity contribution in [3.8, 4) is 34.1 Å². The summed E-state index contributed by atoms with van der Waals surface area (Å²) < 4.78 is 23.8. The van der Waals surface area contributed by atoms with E-state index in [0.29, 0.717) is 56.5 Å². The number of methoxy groups -OCH3 is 2. The number of carboxylic acid groups (broad SMARTS) is 1. The first-order chi connectivity index (χ1) is 16.5. The number of rotatable bonds is 7. The third-order valence-electron chi connectivity index (χ3n) is 5.56. The van der Waals surface area contributed by atoms with Crippen molar-refractivity contribution in [3.63, 3.8) is 0 Å². The molecule has 0 aliphatic carbocycles. The van der Waals surface area contributed by atoms with E-state index in [-0.39, 0.29) is 12.4 Å². The largest absolute Gasteiger partial charge is 0.493 e. The maximum Gasteiger partial charge on any atom is 0.338 e. The highest BCUT2D eigenvalue weighted by Crippen LogP contribution is 2.43. The lowest BCUT2D eigenvalue weighted by Gasteiger charge is -2.17. The Morgan fingerprint density at radius 3 is 2.62 bits per heavy atom. The van der Waals surface area contributed by atoms with Gasteiger partial charge in [-0.05, 0) is 23.8 Å². The number of benzene rings is 2. The van der Waals surface area contributed by atoms with Gasteiger partial charge in [0, 0.05) is 42.2 Å². The van der Waals surface area contributed by atoms with Crippen molar-refractivity contribution in [1.29, 1.82) is 0 Å². The van der Waals surface area contributed by atoms with Crippen LogP contribution in [0, 0.1) is 0 Å². The van der Waals surface area contributed by atoms with Crippen LogP contribution in [-0.4, -0.2) is 46.6 Å². The van der Waals surface area contributed by atoms with Crippen molar-refractivity contribution in [2.45, 2.75) is 10.9 Å². The molecular weight excluding hydrogens is 458 g/mol. The SMILES string of the molecule is COc1cc2nc(CSc3nccn3C)c(C(=O)O)c(-c3ccc4c(c3)OCO4)c2cc1OC. The summed E-state index contributed by atoms with van der Waals surface area (Å²) in [6.07, 6.45) is 3.53. The Hall–Kier alpha value is -3.92. The molecule has 1 N–H and O–H groups in total. The summed E-state index contributed by atoms with van der Waals surface area (Å²) in [4.78, 5) is 21.7. The number of carbonyl (C=O) groups is 1. The number of aromatic nitrogens is 3. The molecule has 10 heteroatoms. The standard InChI is InChI=1S/C24H21N3O6S/c1-27-7-6-25-24(27)34-11-16-22(23(28)29)21(13-4-5-17-20(8-13)33-12-32-17)14-9-18(30-2)19(31-3)10-15(14)26-16/h4-10H,11-12H2,1-3H3,(H,28,29). The smallest absolute Gasteiger partial charge is 0.338 e. The van der Waals surface area contributed by atoms with Crippen LogP contribution in [0.5, 0.6) is 23.0 Å². The predicted octanol–water partition coefficient (Wildman–Crippen LogP) is 4.37. The summed E-state index contributed by atoms with van der Waals surface area (Å²) in [5.41, 5.74) is 2.32. The van der Waals surface area contributed by atoms with E-state index in [4.69, 9.17) is 23.9 Å². The zero-order valence-electron chi connectivity index (χ0n) is 18.7. The second-order valence-electron chi connectivity index (χ2n) is 7.52. The van der Waals surface area contributed by atoms with Gasteiger partial charge < -0.3 is 28.6 Å². The fourth-order valence-electron chi connectivity index (χ4n) is 3.95. The molecule has 5 rings (SSSR count). The molecule has 34 heavy (non-hydrogen) atoms. The zero-order chi connectivity index (χ0) is 23.8. The summed E-state index contributed by atoms with van der Waals surface area (Å²) in [6.45, 7) is 0.123. The molecule has 2 aromatic carbocycles. The zero-order valence-corrected chi connectivity index (χ0v) is 19.5. The third kappa shape index (κ3) is 3.75. The summed E-state index contributed by atoms with van der Waals surface area (Å²) in [5, 5.41) is 11.7. The van der Waals surface area contributed by atoms with E-state index in [1.807, 2.05) is 23.9 Å². The summed E-state index contributed by atoms with van der Waals surface area (Å²) in [5.74, 6) is 1.39. The number of imidazole rings is 1. The van der Waals surface area contributed by atoms with Crippen molar-refractivity contribution >= 4 is 28.6 Å². The number of ether oxygens (including phenoxy) is 4. The topological polar surface area (TPSA) is 105 Å². The second-order valence-corrected chi connectivity index (χ2v) is 8.46. The molecule has 0 bridgehead atoms. The number of pyridine rings is 1. The molecule has 4 aromatic rings. The predicted molar refractivity (Wildman–Crippen MR) is 126 cm³/mol. The molecule has 1 aliphatic rings. The Morgan fingerprint density at radius 1 is 1.15 bits per heavy atom. The minimum absolute atomic E-state index is 0.111. The number of carboxylic acids is 1. The molecule has 1 aliphatic heterocycles. The van der Waals surface area contributed by atoms with Crippen molar-refractivity contribution in [2.24, 2.45) is 7.05 Å². The molecular formula is C24H21N3O6S. The Labute approximate surface area is 199 Å². The lowest BCUT2D eigenvalue weighted by Crippen LogP contribution is -2.09. The Bertz CT molecular complexity index is 1420. The molecule has 0 unspecified atom stereocenters. The summed E-state index contributed by atoms with van der Waals surface area (Å²) in [7, 11) is 4.97. The number of aryl methyl sites for hydroxylation is 1. The van der Waals surface area contributed by atoms with Gasteiger partial charge in [-0.15, -0.1) is 0 Å². The van der Waals surface area contributed by atoms with Crippen LogP contribution in [0.2, 0.25) is 0 Å². The van der Waals surface area contributed by atoms with Crippen molar-refractivity contribution in [3.05, 3.63) is 54.0 Å². The number of hydrogen-bond donors (Lipinski definition) is 1. The van der Waals surface area contributed by atoms with Crippen molar-refractivity contribution in [1.82, 2.24) is 14.5 Å².